The predicted octanol–water partition coefficient (Wildman–Crippen LogP) is 5.07. The van der Waals surface area contributed by atoms with Crippen LogP contribution in [0, 0.1) is 0 Å². The van der Waals surface area contributed by atoms with Crippen molar-refractivity contribution >= 4 is 39.9 Å². The summed E-state index contributed by atoms with van der Waals surface area (Å²) in [5.74, 6) is 0.779. The third kappa shape index (κ3) is 3.97. The largest absolute Gasteiger partial charge is 0.497 e. The number of hydrogen-bond donors (Lipinski definition) is 1. The second-order valence-electron chi connectivity index (χ2n) is 6.98. The minimum absolute atomic E-state index is 0.0217. The summed E-state index contributed by atoms with van der Waals surface area (Å²) >= 11 is 12.6. The second-order valence-corrected chi connectivity index (χ2v) is 7.80. The van der Waals surface area contributed by atoms with E-state index in [1.54, 1.807) is 7.11 Å². The first-order chi connectivity index (χ1) is 14.5. The van der Waals surface area contributed by atoms with E-state index in [0.29, 0.717) is 16.6 Å². The number of aryl methyl sites for hydroxylation is 1. The van der Waals surface area contributed by atoms with Gasteiger partial charge in [-0.3, -0.25) is 0 Å². The van der Waals surface area contributed by atoms with Gasteiger partial charge in [-0.1, -0.05) is 47.5 Å². The number of aliphatic hydroxyl groups is 1. The van der Waals surface area contributed by atoms with Gasteiger partial charge in [0.25, 0.3) is 0 Å². The van der Waals surface area contributed by atoms with E-state index in [1.807, 2.05) is 72.3 Å². The monoisotopic (exact) mass is 441 g/mol. The molecule has 1 aromatic heterocycles. The summed E-state index contributed by atoms with van der Waals surface area (Å²) in [6.45, 7) is 0.615. The molecule has 30 heavy (non-hydrogen) atoms. The fraction of sp³-hybridized carbons (Fsp3) is 0.174. The molecule has 0 saturated carbocycles. The van der Waals surface area contributed by atoms with Gasteiger partial charge in [0.1, 0.15) is 5.75 Å². The average molecular weight is 442 g/mol. The highest BCUT2D eigenvalue weighted by atomic mass is 35.5. The molecule has 0 bridgehead atoms. The lowest BCUT2D eigenvalue weighted by Gasteiger charge is -2.07. The first-order valence-corrected chi connectivity index (χ1v) is 10.2. The first kappa shape index (κ1) is 20.5. The second kappa shape index (κ2) is 8.56. The van der Waals surface area contributed by atoms with Gasteiger partial charge >= 0.3 is 0 Å². The molecule has 154 valence electrons. The Morgan fingerprint density at radius 1 is 0.900 bits per heavy atom. The number of benzene rings is 3. The molecule has 3 aromatic carbocycles. The molecule has 7 heteroatoms. The zero-order valence-electron chi connectivity index (χ0n) is 16.6. The lowest BCUT2D eigenvalue weighted by molar-refractivity contribution is 0.282. The zero-order chi connectivity index (χ0) is 21.3. The van der Waals surface area contributed by atoms with Gasteiger partial charge in [0.2, 0.25) is 5.62 Å². The van der Waals surface area contributed by atoms with E-state index in [9.17, 15) is 5.11 Å². The molecule has 0 radical (unpaired) electrons. The minimum atomic E-state index is 0.0217. The molecule has 0 amide bonds. The molecule has 0 spiro atoms. The van der Waals surface area contributed by atoms with Crippen LogP contribution in [0.1, 0.15) is 11.1 Å². The van der Waals surface area contributed by atoms with Crippen LogP contribution in [-0.4, -0.2) is 21.4 Å². The number of imidazole rings is 1. The van der Waals surface area contributed by atoms with Crippen LogP contribution in [0.2, 0.25) is 10.0 Å². The van der Waals surface area contributed by atoms with E-state index in [2.05, 4.69) is 4.57 Å². The van der Waals surface area contributed by atoms with Crippen molar-refractivity contribution in [1.29, 1.82) is 0 Å². The van der Waals surface area contributed by atoms with E-state index >= 15 is 0 Å². The van der Waals surface area contributed by atoms with Crippen LogP contribution in [0.15, 0.2) is 65.7 Å². The predicted molar refractivity (Wildman–Crippen MR) is 121 cm³/mol. The third-order valence-electron chi connectivity index (χ3n) is 5.06. The molecule has 0 saturated heterocycles. The van der Waals surface area contributed by atoms with Gasteiger partial charge in [-0.15, -0.1) is 0 Å². The standard InChI is InChI=1S/C23H21Cl2N3O2/c1-27-21-11-19(24)20(25)12-22(21)28(13-15-3-5-16(14-29)6-4-15)23(27)26-17-7-9-18(30-2)10-8-17/h3-12,29H,13-14H2,1-2H3/b26-23-. The van der Waals surface area contributed by atoms with E-state index in [0.717, 1.165) is 39.2 Å². The van der Waals surface area contributed by atoms with Crippen molar-refractivity contribution < 1.29 is 9.84 Å². The van der Waals surface area contributed by atoms with Crippen molar-refractivity contribution in [2.24, 2.45) is 12.0 Å². The smallest absolute Gasteiger partial charge is 0.211 e. The Labute approximate surface area is 184 Å². The van der Waals surface area contributed by atoms with Gasteiger partial charge in [0, 0.05) is 7.05 Å². The molecular weight excluding hydrogens is 421 g/mol. The van der Waals surface area contributed by atoms with Gasteiger partial charge in [-0.25, -0.2) is 4.99 Å². The Morgan fingerprint density at radius 3 is 2.10 bits per heavy atom. The Bertz CT molecular complexity index is 1260. The van der Waals surface area contributed by atoms with Crippen LogP contribution >= 0.6 is 23.2 Å². The molecular formula is C23H21Cl2N3O2. The quantitative estimate of drug-likeness (QED) is 0.469. The molecule has 0 aliphatic carbocycles. The van der Waals surface area contributed by atoms with Gasteiger partial charge < -0.3 is 19.0 Å². The fourth-order valence-corrected chi connectivity index (χ4v) is 3.72. The van der Waals surface area contributed by atoms with Crippen LogP contribution in [0.5, 0.6) is 5.75 Å². The number of halogens is 2. The molecule has 1 N–H and O–H groups in total. The zero-order valence-corrected chi connectivity index (χ0v) is 18.2. The fourth-order valence-electron chi connectivity index (χ4n) is 3.40. The molecule has 4 aromatic rings. The SMILES string of the molecule is COc1ccc(/N=c2/n(C)c3cc(Cl)c(Cl)cc3n2Cc2ccc(CO)cc2)cc1. The molecule has 0 atom stereocenters. The van der Waals surface area contributed by atoms with E-state index in [-0.39, 0.29) is 6.61 Å². The number of hydrogen-bond acceptors (Lipinski definition) is 3. The summed E-state index contributed by atoms with van der Waals surface area (Å²) in [7, 11) is 3.60. The number of ether oxygens (including phenoxy) is 1. The number of fused-ring (bicyclic) bond motifs is 1. The summed E-state index contributed by atoms with van der Waals surface area (Å²) in [4.78, 5) is 4.89. The lowest BCUT2D eigenvalue weighted by Crippen LogP contribution is -2.24. The van der Waals surface area contributed by atoms with Crippen molar-refractivity contribution in [1.82, 2.24) is 9.13 Å². The molecule has 4 rings (SSSR count). The maximum Gasteiger partial charge on any atom is 0.211 e. The molecule has 5 nitrogen and oxygen atoms in total. The highest BCUT2D eigenvalue weighted by molar-refractivity contribution is 6.42. The van der Waals surface area contributed by atoms with Crippen LogP contribution in [0.25, 0.3) is 11.0 Å². The van der Waals surface area contributed by atoms with Gasteiger partial charge in [0.05, 0.1) is 47.0 Å². The van der Waals surface area contributed by atoms with Crippen LogP contribution in [-0.2, 0) is 20.2 Å². The van der Waals surface area contributed by atoms with Crippen LogP contribution < -0.4 is 10.4 Å². The highest BCUT2D eigenvalue weighted by Gasteiger charge is 2.13. The molecule has 1 heterocycles. The molecule has 0 aliphatic rings. The maximum atomic E-state index is 9.31. The number of nitrogens with zero attached hydrogens (tertiary/aromatic N) is 3. The third-order valence-corrected chi connectivity index (χ3v) is 5.78. The summed E-state index contributed by atoms with van der Waals surface area (Å²) in [5.41, 5.74) is 5.40. The minimum Gasteiger partial charge on any atom is -0.497 e. The summed E-state index contributed by atoms with van der Waals surface area (Å²) in [6, 6.07) is 19.2. The molecule has 0 fully saturated rings. The van der Waals surface area contributed by atoms with Crippen molar-refractivity contribution in [3.05, 3.63) is 87.5 Å². The van der Waals surface area contributed by atoms with E-state index in [4.69, 9.17) is 32.9 Å². The number of aliphatic hydroxyl groups excluding tert-OH is 1. The van der Waals surface area contributed by atoms with Gasteiger partial charge in [-0.2, -0.15) is 0 Å². The Hall–Kier alpha value is -2.73. The van der Waals surface area contributed by atoms with Crippen molar-refractivity contribution in [2.75, 3.05) is 7.11 Å². The molecule has 0 aliphatic heterocycles. The number of aromatic nitrogens is 2. The summed E-state index contributed by atoms with van der Waals surface area (Å²) in [6.07, 6.45) is 0. The lowest BCUT2D eigenvalue weighted by atomic mass is 10.1. The topological polar surface area (TPSA) is 51.7 Å². The average Bonchev–Trinajstić information content (AvgIpc) is 3.00. The normalized spacial score (nSPS) is 12.0. The van der Waals surface area contributed by atoms with Crippen molar-refractivity contribution in [3.63, 3.8) is 0 Å². The number of methoxy groups -OCH3 is 1. The van der Waals surface area contributed by atoms with E-state index in [1.165, 1.54) is 0 Å². The summed E-state index contributed by atoms with van der Waals surface area (Å²) < 4.78 is 9.35. The Morgan fingerprint density at radius 2 is 1.50 bits per heavy atom. The van der Waals surface area contributed by atoms with Crippen LogP contribution in [0.4, 0.5) is 5.69 Å². The van der Waals surface area contributed by atoms with Crippen molar-refractivity contribution in [2.45, 2.75) is 13.2 Å². The highest BCUT2D eigenvalue weighted by Crippen LogP contribution is 2.28. The molecule has 0 unspecified atom stereocenters. The van der Waals surface area contributed by atoms with Crippen LogP contribution in [0.3, 0.4) is 0 Å². The van der Waals surface area contributed by atoms with Gasteiger partial charge in [-0.05, 0) is 47.5 Å². The van der Waals surface area contributed by atoms with E-state index < -0.39 is 0 Å². The maximum absolute atomic E-state index is 9.31. The number of rotatable bonds is 5. The first-order valence-electron chi connectivity index (χ1n) is 9.42. The Balaban J connectivity index is 1.91. The Kier molecular flexibility index (Phi) is 5.86. The van der Waals surface area contributed by atoms with Gasteiger partial charge in [0.15, 0.2) is 0 Å². The van der Waals surface area contributed by atoms with Crippen molar-refractivity contribution in [3.8, 4) is 5.75 Å². The summed E-state index contributed by atoms with van der Waals surface area (Å²) in [5, 5.41) is 10.3.